The van der Waals surface area contributed by atoms with Crippen molar-refractivity contribution in [3.8, 4) is 0 Å². The molecular formula is C22H32O6. The van der Waals surface area contributed by atoms with E-state index in [1.807, 2.05) is 19.1 Å². The van der Waals surface area contributed by atoms with E-state index in [1.165, 1.54) is 24.8 Å². The number of carbonyl (C=O) groups is 2. The van der Waals surface area contributed by atoms with Gasteiger partial charge in [0.1, 0.15) is 6.10 Å². The SMILES string of the molecule is CCCCCCc1ccc(C(=O)OOOC(=O)OC2CC(C)CCC2C)cc1. The highest BCUT2D eigenvalue weighted by Crippen LogP contribution is 2.30. The monoisotopic (exact) mass is 392 g/mol. The van der Waals surface area contributed by atoms with Crippen LogP contribution in [0.15, 0.2) is 24.3 Å². The lowest BCUT2D eigenvalue weighted by Crippen LogP contribution is -2.31. The quantitative estimate of drug-likeness (QED) is 0.229. The van der Waals surface area contributed by atoms with Gasteiger partial charge >= 0.3 is 12.1 Å². The Hall–Kier alpha value is -2.08. The van der Waals surface area contributed by atoms with Crippen LogP contribution in [0.5, 0.6) is 0 Å². The van der Waals surface area contributed by atoms with Gasteiger partial charge in [-0.2, -0.15) is 0 Å². The molecule has 2 rings (SSSR count). The molecule has 1 aliphatic rings. The van der Waals surface area contributed by atoms with E-state index < -0.39 is 12.1 Å². The van der Waals surface area contributed by atoms with Gasteiger partial charge in [0.25, 0.3) is 0 Å². The van der Waals surface area contributed by atoms with Crippen LogP contribution < -0.4 is 0 Å². The summed E-state index contributed by atoms with van der Waals surface area (Å²) in [6, 6.07) is 7.13. The molecule has 1 fully saturated rings. The molecule has 6 nitrogen and oxygen atoms in total. The minimum absolute atomic E-state index is 0.208. The zero-order chi connectivity index (χ0) is 20.4. The third-order valence-electron chi connectivity index (χ3n) is 5.35. The summed E-state index contributed by atoms with van der Waals surface area (Å²) in [6.45, 7) is 6.35. The summed E-state index contributed by atoms with van der Waals surface area (Å²) in [5.41, 5.74) is 1.49. The molecule has 0 saturated heterocycles. The average molecular weight is 392 g/mol. The number of carbonyl (C=O) groups excluding carboxylic acids is 2. The van der Waals surface area contributed by atoms with E-state index in [0.717, 1.165) is 32.1 Å². The fourth-order valence-corrected chi connectivity index (χ4v) is 3.47. The van der Waals surface area contributed by atoms with Gasteiger partial charge in [0.2, 0.25) is 0 Å². The van der Waals surface area contributed by atoms with Crippen LogP contribution in [0.4, 0.5) is 4.79 Å². The molecule has 3 unspecified atom stereocenters. The Labute approximate surface area is 167 Å². The van der Waals surface area contributed by atoms with Crippen LogP contribution in [0.1, 0.15) is 81.6 Å². The van der Waals surface area contributed by atoms with Gasteiger partial charge in [0.15, 0.2) is 0 Å². The molecule has 1 aromatic carbocycles. The third-order valence-corrected chi connectivity index (χ3v) is 5.35. The van der Waals surface area contributed by atoms with E-state index in [0.29, 0.717) is 11.5 Å². The van der Waals surface area contributed by atoms with Crippen molar-refractivity contribution in [2.24, 2.45) is 11.8 Å². The van der Waals surface area contributed by atoms with Gasteiger partial charge in [-0.05, 0) is 55.2 Å². The lowest BCUT2D eigenvalue weighted by molar-refractivity contribution is -0.453. The molecule has 156 valence electrons. The lowest BCUT2D eigenvalue weighted by Gasteiger charge is -2.31. The summed E-state index contributed by atoms with van der Waals surface area (Å²) >= 11 is 0. The smallest absolute Gasteiger partial charge is 0.429 e. The molecule has 0 N–H and O–H groups in total. The van der Waals surface area contributed by atoms with Gasteiger partial charge in [0, 0.05) is 0 Å². The van der Waals surface area contributed by atoms with Crippen molar-refractivity contribution in [2.45, 2.75) is 78.2 Å². The Morgan fingerprint density at radius 2 is 1.75 bits per heavy atom. The number of rotatable bonds is 9. The van der Waals surface area contributed by atoms with Crippen LogP contribution in [0, 0.1) is 11.8 Å². The highest BCUT2D eigenvalue weighted by molar-refractivity contribution is 5.88. The molecule has 6 heteroatoms. The van der Waals surface area contributed by atoms with Gasteiger partial charge in [0.05, 0.1) is 10.6 Å². The number of hydrogen-bond acceptors (Lipinski definition) is 6. The normalized spacial score (nSPS) is 21.8. The van der Waals surface area contributed by atoms with Gasteiger partial charge < -0.3 is 4.74 Å². The molecule has 0 bridgehead atoms. The standard InChI is InChI=1S/C22H32O6/c1-4-5-6-7-8-18-11-13-19(14-12-18)21(23)26-28-27-22(24)25-20-15-16(2)9-10-17(20)3/h11-14,16-17,20H,4-10,15H2,1-3H3. The maximum atomic E-state index is 11.9. The van der Waals surface area contributed by atoms with Crippen molar-refractivity contribution < 1.29 is 29.1 Å². The Balaban J connectivity index is 1.68. The molecule has 0 aromatic heterocycles. The molecular weight excluding hydrogens is 360 g/mol. The molecule has 1 aliphatic carbocycles. The summed E-state index contributed by atoms with van der Waals surface area (Å²) in [5.74, 6) is 0.0409. The molecule has 3 atom stereocenters. The van der Waals surface area contributed by atoms with Crippen LogP contribution in [0.25, 0.3) is 0 Å². The summed E-state index contributed by atoms with van der Waals surface area (Å²) in [6.07, 6.45) is 7.49. The first-order valence-corrected chi connectivity index (χ1v) is 10.3. The van der Waals surface area contributed by atoms with Gasteiger partial charge in [-0.25, -0.2) is 14.5 Å². The van der Waals surface area contributed by atoms with Crippen LogP contribution in [0.3, 0.4) is 0 Å². The van der Waals surface area contributed by atoms with E-state index in [4.69, 9.17) is 4.74 Å². The second-order valence-corrected chi connectivity index (χ2v) is 7.83. The van der Waals surface area contributed by atoms with Crippen molar-refractivity contribution in [2.75, 3.05) is 0 Å². The zero-order valence-corrected chi connectivity index (χ0v) is 17.1. The van der Waals surface area contributed by atoms with Gasteiger partial charge in [-0.3, -0.25) is 4.89 Å². The first-order chi connectivity index (χ1) is 13.5. The highest BCUT2D eigenvalue weighted by Gasteiger charge is 2.29. The van der Waals surface area contributed by atoms with E-state index in [9.17, 15) is 9.59 Å². The second kappa shape index (κ2) is 11.7. The minimum Gasteiger partial charge on any atom is -0.429 e. The van der Waals surface area contributed by atoms with Crippen molar-refractivity contribution in [1.82, 2.24) is 0 Å². The third kappa shape index (κ3) is 7.50. The molecule has 0 amide bonds. The lowest BCUT2D eigenvalue weighted by atomic mass is 9.82. The van der Waals surface area contributed by atoms with Gasteiger partial charge in [-0.15, -0.1) is 0 Å². The predicted octanol–water partition coefficient (Wildman–Crippen LogP) is 5.79. The fraction of sp³-hybridized carbons (Fsp3) is 0.636. The van der Waals surface area contributed by atoms with E-state index in [-0.39, 0.29) is 12.0 Å². The summed E-state index contributed by atoms with van der Waals surface area (Å²) in [7, 11) is 0. The van der Waals surface area contributed by atoms with Crippen molar-refractivity contribution in [3.63, 3.8) is 0 Å². The van der Waals surface area contributed by atoms with Crippen molar-refractivity contribution in [3.05, 3.63) is 35.4 Å². The Kier molecular flexibility index (Phi) is 9.28. The van der Waals surface area contributed by atoms with Crippen LogP contribution >= 0.6 is 0 Å². The number of benzene rings is 1. The number of ether oxygens (including phenoxy) is 1. The van der Waals surface area contributed by atoms with Crippen molar-refractivity contribution in [1.29, 1.82) is 0 Å². The highest BCUT2D eigenvalue weighted by atomic mass is 17.5. The van der Waals surface area contributed by atoms with Crippen molar-refractivity contribution >= 4 is 12.1 Å². The maximum absolute atomic E-state index is 11.9. The largest absolute Gasteiger partial charge is 0.543 e. The summed E-state index contributed by atoms with van der Waals surface area (Å²) in [4.78, 5) is 32.6. The molecule has 0 heterocycles. The first-order valence-electron chi connectivity index (χ1n) is 10.3. The van der Waals surface area contributed by atoms with E-state index in [1.54, 1.807) is 12.1 Å². The Morgan fingerprint density at radius 3 is 2.46 bits per heavy atom. The molecule has 0 spiro atoms. The molecule has 28 heavy (non-hydrogen) atoms. The van der Waals surface area contributed by atoms with Crippen LogP contribution in [0.2, 0.25) is 0 Å². The fourth-order valence-electron chi connectivity index (χ4n) is 3.47. The second-order valence-electron chi connectivity index (χ2n) is 7.83. The van der Waals surface area contributed by atoms with E-state index >= 15 is 0 Å². The number of aryl methyl sites for hydroxylation is 1. The van der Waals surface area contributed by atoms with Crippen LogP contribution in [-0.2, 0) is 26.0 Å². The Bertz CT molecular complexity index is 612. The van der Waals surface area contributed by atoms with E-state index in [2.05, 4.69) is 28.7 Å². The topological polar surface area (TPSA) is 71.1 Å². The number of unbranched alkanes of at least 4 members (excludes halogenated alkanes) is 3. The molecule has 0 aliphatic heterocycles. The maximum Gasteiger partial charge on any atom is 0.543 e. The van der Waals surface area contributed by atoms with Gasteiger partial charge in [-0.1, -0.05) is 58.6 Å². The molecule has 1 saturated carbocycles. The average Bonchev–Trinajstić information content (AvgIpc) is 2.68. The minimum atomic E-state index is -0.999. The first kappa shape index (κ1) is 22.2. The summed E-state index contributed by atoms with van der Waals surface area (Å²) in [5, 5.41) is 4.31. The van der Waals surface area contributed by atoms with Crippen LogP contribution in [-0.4, -0.2) is 18.2 Å². The zero-order valence-electron chi connectivity index (χ0n) is 17.1. The number of hydrogen-bond donors (Lipinski definition) is 0. The predicted molar refractivity (Wildman–Crippen MR) is 104 cm³/mol. The molecule has 1 aromatic rings. The summed E-state index contributed by atoms with van der Waals surface area (Å²) < 4.78 is 5.25. The molecule has 0 radical (unpaired) electrons. The Morgan fingerprint density at radius 1 is 1.00 bits per heavy atom.